The average Bonchev–Trinajstić information content (AvgIpc) is 4.05. The van der Waals surface area contributed by atoms with Crippen LogP contribution in [0.5, 0.6) is 23.0 Å². The van der Waals surface area contributed by atoms with Crippen molar-refractivity contribution >= 4 is 89.5 Å². The van der Waals surface area contributed by atoms with Crippen molar-refractivity contribution in [1.82, 2.24) is 9.97 Å². The normalized spacial score (nSPS) is 11.4. The molecule has 0 aliphatic carbocycles. The van der Waals surface area contributed by atoms with E-state index in [1.165, 1.54) is 23.8 Å². The van der Waals surface area contributed by atoms with Gasteiger partial charge in [-0.3, -0.25) is 0 Å². The topological polar surface area (TPSA) is 322 Å². The molecule has 80 heavy (non-hydrogen) atoms. The monoisotopic (exact) mass is 1100 g/mol. The predicted molar refractivity (Wildman–Crippen MR) is 305 cm³/mol. The summed E-state index contributed by atoms with van der Waals surface area (Å²) in [4.78, 5) is 21.3. The molecule has 0 unspecified atom stereocenters. The summed E-state index contributed by atoms with van der Waals surface area (Å²) >= 11 is 11.8. The Morgan fingerprint density at radius 1 is 0.550 bits per heavy atom. The van der Waals surface area contributed by atoms with E-state index >= 15 is 0 Å². The summed E-state index contributed by atoms with van der Waals surface area (Å²) in [5, 5.41) is 79.6. The molecule has 2 aromatic heterocycles. The van der Waals surface area contributed by atoms with Gasteiger partial charge in [0.25, 0.3) is 22.8 Å². The predicted octanol–water partition coefficient (Wildman–Crippen LogP) is 13.4. The first-order chi connectivity index (χ1) is 38.3. The Balaban J connectivity index is 0.000000207. The number of allylic oxidation sites excluding steroid dienone is 5. The summed E-state index contributed by atoms with van der Waals surface area (Å²) in [5.74, 6) is 0.620. The van der Waals surface area contributed by atoms with Crippen molar-refractivity contribution in [2.75, 3.05) is 29.1 Å². The highest BCUT2D eigenvalue weighted by molar-refractivity contribution is 6.50. The van der Waals surface area contributed by atoms with Gasteiger partial charge in [-0.1, -0.05) is 89.4 Å². The summed E-state index contributed by atoms with van der Waals surface area (Å²) in [6.45, 7) is 33.5. The Morgan fingerprint density at radius 3 is 1.48 bits per heavy atom. The minimum atomic E-state index is -0.245. The average molecular weight is 1100 g/mol. The van der Waals surface area contributed by atoms with Crippen LogP contribution in [-0.2, 0) is 0 Å². The lowest BCUT2D eigenvalue weighted by Crippen LogP contribution is -2.02. The van der Waals surface area contributed by atoms with Crippen molar-refractivity contribution in [2.45, 2.75) is 20.8 Å². The number of phenolic OH excluding ortho intramolecular Hbond substituents is 4. The molecule has 6 aromatic carbocycles. The quantitative estimate of drug-likeness (QED) is 0.0230. The van der Waals surface area contributed by atoms with E-state index in [0.717, 1.165) is 28.2 Å². The first kappa shape index (κ1) is 59.0. The molecule has 10 N–H and O–H groups in total. The zero-order valence-electron chi connectivity index (χ0n) is 42.4. The molecule has 0 aliphatic heterocycles. The van der Waals surface area contributed by atoms with E-state index in [9.17, 15) is 15.5 Å². The summed E-state index contributed by atoms with van der Waals surface area (Å²) in [7, 11) is 1.59. The van der Waals surface area contributed by atoms with E-state index in [-0.39, 0.29) is 78.6 Å². The van der Waals surface area contributed by atoms with Crippen LogP contribution in [-0.4, -0.2) is 37.4 Å². The fraction of sp³-hybridized carbons (Fsp3) is 0.0690. The molecule has 0 saturated heterocycles. The van der Waals surface area contributed by atoms with E-state index < -0.39 is 0 Å². The van der Waals surface area contributed by atoms with Gasteiger partial charge in [0.15, 0.2) is 17.1 Å². The molecule has 392 valence electrons. The van der Waals surface area contributed by atoms with Crippen LogP contribution in [0.15, 0.2) is 141 Å². The Bertz CT molecular complexity index is 3950. The van der Waals surface area contributed by atoms with Crippen LogP contribution in [0, 0.1) is 85.5 Å². The minimum absolute atomic E-state index is 0.0273. The van der Waals surface area contributed by atoms with Crippen molar-refractivity contribution in [3.05, 3.63) is 211 Å². The number of nitrogens with two attached hydrogens (primary N) is 2. The first-order valence-corrected chi connectivity index (χ1v) is 23.4. The molecule has 20 nitrogen and oxygen atoms in total. The number of oxazole rings is 2. The van der Waals surface area contributed by atoms with Crippen LogP contribution in [0.1, 0.15) is 40.6 Å². The number of nitrogens with one attached hydrogen (secondary N) is 2. The second kappa shape index (κ2) is 27.1. The number of phenols is 4. The molecule has 22 heteroatoms. The number of nitriles is 4. The smallest absolute Gasteiger partial charge is 0.285 e. The number of hydrogen-bond donors (Lipinski definition) is 8. The SMILES string of the molecule is Cc1ccc(-c2nc3cc4nc(C)oc4cc3o2)cc1.Nc1cc(N)c(O)cc1O.[C-]#[N+]/C(C#N)=C(\C)c1ccc(/C(Nc2cc(O)c(NC)cc2O)=C(/C#N)[N+]#[C-])cc1.[C-]#[N+]/C(C#N)=C(\Cl)c1ccc(/C(Cl)=C(/C#N)[N+]#[C-])cc1. The third kappa shape index (κ3) is 14.3. The van der Waals surface area contributed by atoms with E-state index in [0.29, 0.717) is 50.9 Å². The van der Waals surface area contributed by atoms with Gasteiger partial charge in [0.2, 0.25) is 5.89 Å². The molecule has 8 aromatic rings. The number of fused-ring (bicyclic) bond motifs is 2. The Hall–Kier alpha value is -11.9. The van der Waals surface area contributed by atoms with Crippen molar-refractivity contribution in [1.29, 1.82) is 21.0 Å². The number of anilines is 4. The molecule has 0 radical (unpaired) electrons. The Kier molecular flexibility index (Phi) is 20.0. The lowest BCUT2D eigenvalue weighted by Gasteiger charge is -2.15. The molecule has 0 atom stereocenters. The van der Waals surface area contributed by atoms with Gasteiger partial charge in [-0.25, -0.2) is 50.4 Å². The standard InChI is InChI=1S/C22H16N6O2.C16H12N2O2.C14H4Cl2N4.C6H8N2O2/c1-13(18(11-23)26-3)14-5-7-15(8-6-14)22(19(12-24)27-4)28-17-10-20(29)16(25-2)9-21(17)30;1-9-3-5-11(6-4-9)16-18-13-7-12-14(8-15(13)20-16)19-10(2)17-12;1-19-11(7-17)13(15)9-3-5-10(6-4-9)14(16)12(8-18)20-2;7-3-1-4(8)6(10)2-5(3)9/h5-10,25,28-30H,1-2H3;3-8H,1-2H3;3-6H;1-2,9-10H,7-8H2/b18-13+,22-19+;;13-11-,14-12+;. The third-order valence-corrected chi connectivity index (χ3v) is 11.8. The number of benzene rings is 6. The molecule has 0 bridgehead atoms. The fourth-order valence-corrected chi connectivity index (χ4v) is 7.23. The highest BCUT2D eigenvalue weighted by Gasteiger charge is 2.17. The van der Waals surface area contributed by atoms with Crippen molar-refractivity contribution < 1.29 is 29.3 Å². The molecular weight excluding hydrogens is 1060 g/mol. The molecule has 0 fully saturated rings. The second-order valence-corrected chi connectivity index (χ2v) is 17.0. The van der Waals surface area contributed by atoms with Crippen molar-refractivity contribution in [3.8, 4) is 58.7 Å². The molecular formula is C58H40Cl2N14O6. The lowest BCUT2D eigenvalue weighted by molar-refractivity contribution is 0.454. The second-order valence-electron chi connectivity index (χ2n) is 16.2. The van der Waals surface area contributed by atoms with Crippen LogP contribution in [0.2, 0.25) is 0 Å². The van der Waals surface area contributed by atoms with E-state index in [2.05, 4.69) is 46.9 Å². The number of rotatable bonds is 8. The van der Waals surface area contributed by atoms with Crippen LogP contribution in [0.4, 0.5) is 22.7 Å². The fourth-order valence-electron chi connectivity index (χ4n) is 6.81. The number of aromatic nitrogens is 2. The van der Waals surface area contributed by atoms with E-state index in [1.807, 2.05) is 55.5 Å². The number of aryl methyl sites for hydroxylation is 2. The van der Waals surface area contributed by atoms with Gasteiger partial charge in [0, 0.05) is 43.8 Å². The van der Waals surface area contributed by atoms with Gasteiger partial charge in [-0.15, -0.1) is 0 Å². The zero-order chi connectivity index (χ0) is 58.8. The maximum Gasteiger partial charge on any atom is 0.285 e. The maximum atomic E-state index is 10.2. The van der Waals surface area contributed by atoms with Gasteiger partial charge < -0.3 is 51.4 Å². The van der Waals surface area contributed by atoms with Crippen LogP contribution in [0.3, 0.4) is 0 Å². The minimum Gasteiger partial charge on any atom is -0.506 e. The highest BCUT2D eigenvalue weighted by atomic mass is 35.5. The molecule has 0 aliphatic rings. The maximum absolute atomic E-state index is 10.2. The molecule has 8 rings (SSSR count). The largest absolute Gasteiger partial charge is 0.506 e. The zero-order valence-corrected chi connectivity index (χ0v) is 43.9. The highest BCUT2D eigenvalue weighted by Crippen LogP contribution is 2.38. The van der Waals surface area contributed by atoms with Crippen molar-refractivity contribution in [3.63, 3.8) is 0 Å². The summed E-state index contributed by atoms with van der Waals surface area (Å²) in [5.41, 5.74) is 18.5. The van der Waals surface area contributed by atoms with Crippen molar-refractivity contribution in [2.24, 2.45) is 0 Å². The third-order valence-electron chi connectivity index (χ3n) is 11.0. The Morgan fingerprint density at radius 2 is 1.00 bits per heavy atom. The van der Waals surface area contributed by atoms with Gasteiger partial charge in [0.05, 0.1) is 89.1 Å². The summed E-state index contributed by atoms with van der Waals surface area (Å²) in [6.07, 6.45) is 0. The number of halogens is 2. The first-order valence-electron chi connectivity index (χ1n) is 22.7. The van der Waals surface area contributed by atoms with Crippen LogP contribution >= 0.6 is 23.2 Å². The van der Waals surface area contributed by atoms with E-state index in [1.54, 1.807) is 74.6 Å². The van der Waals surface area contributed by atoms with E-state index in [4.69, 9.17) is 95.8 Å². The summed E-state index contributed by atoms with van der Waals surface area (Å²) in [6, 6.07) is 36.7. The number of aromatic hydroxyl groups is 4. The molecule has 0 amide bonds. The Labute approximate surface area is 467 Å². The molecule has 0 saturated carbocycles. The summed E-state index contributed by atoms with van der Waals surface area (Å²) < 4.78 is 11.3. The number of nitrogens with zero attached hydrogens (tertiary/aromatic N) is 10. The van der Waals surface area contributed by atoms with Crippen LogP contribution < -0.4 is 22.1 Å². The van der Waals surface area contributed by atoms with Gasteiger partial charge in [-0.05, 0) is 65.9 Å². The van der Waals surface area contributed by atoms with Crippen LogP contribution in [0.25, 0.3) is 74.4 Å². The van der Waals surface area contributed by atoms with Gasteiger partial charge >= 0.3 is 0 Å². The van der Waals surface area contributed by atoms with Gasteiger partial charge in [0.1, 0.15) is 34.0 Å². The van der Waals surface area contributed by atoms with Gasteiger partial charge in [-0.2, -0.15) is 0 Å². The molecule has 0 spiro atoms. The molecule has 2 heterocycles. The lowest BCUT2D eigenvalue weighted by atomic mass is 10.0. The number of hydrogen-bond acceptors (Lipinski definition) is 16. The number of nitrogen functional groups attached to an aromatic ring is 2.